The molecule has 0 fully saturated rings. The van der Waals surface area contributed by atoms with Crippen LogP contribution in [0.2, 0.25) is 5.02 Å². The molecule has 0 aliphatic carbocycles. The zero-order chi connectivity index (χ0) is 14.0. The van der Waals surface area contributed by atoms with Gasteiger partial charge in [0.05, 0.1) is 10.4 Å². The molecule has 0 heterocycles. The molecule has 19 heavy (non-hydrogen) atoms. The van der Waals surface area contributed by atoms with Crippen LogP contribution >= 0.6 is 39.1 Å². The summed E-state index contributed by atoms with van der Waals surface area (Å²) in [6.45, 7) is 4.22. The lowest BCUT2D eigenvalue weighted by Crippen LogP contribution is -1.98. The molecule has 2 rings (SSSR count). The molecule has 0 nitrogen and oxygen atoms in total. The zero-order valence-electron chi connectivity index (χ0n) is 10.9. The molecular weight excluding hydrogens is 343 g/mol. The van der Waals surface area contributed by atoms with Crippen LogP contribution in [0.5, 0.6) is 0 Å². The Hall–Kier alpha value is -0.500. The van der Waals surface area contributed by atoms with Crippen LogP contribution in [0.15, 0.2) is 40.9 Å². The first-order valence-corrected chi connectivity index (χ1v) is 7.73. The third kappa shape index (κ3) is 3.75. The summed E-state index contributed by atoms with van der Waals surface area (Å²) in [7, 11) is 0. The highest BCUT2D eigenvalue weighted by Gasteiger charge is 2.12. The maximum atomic E-state index is 6.53. The highest BCUT2D eigenvalue weighted by atomic mass is 79.9. The lowest BCUT2D eigenvalue weighted by atomic mass is 9.98. The molecule has 2 aromatic carbocycles. The van der Waals surface area contributed by atoms with E-state index in [1.165, 1.54) is 16.7 Å². The summed E-state index contributed by atoms with van der Waals surface area (Å²) in [5, 5.41) is 0.661. The van der Waals surface area contributed by atoms with Crippen molar-refractivity contribution in [2.24, 2.45) is 0 Å². The third-order valence-corrected chi connectivity index (χ3v) is 4.83. The van der Waals surface area contributed by atoms with E-state index in [-0.39, 0.29) is 5.38 Å². The van der Waals surface area contributed by atoms with Crippen molar-refractivity contribution >= 4 is 39.1 Å². The fourth-order valence-electron chi connectivity index (χ4n) is 2.04. The minimum absolute atomic E-state index is 0.0472. The van der Waals surface area contributed by atoms with Crippen LogP contribution < -0.4 is 0 Å². The van der Waals surface area contributed by atoms with Gasteiger partial charge in [0.2, 0.25) is 0 Å². The second kappa shape index (κ2) is 6.30. The summed E-state index contributed by atoms with van der Waals surface area (Å²) < 4.78 is 0.887. The van der Waals surface area contributed by atoms with E-state index >= 15 is 0 Å². The topological polar surface area (TPSA) is 0 Å². The van der Waals surface area contributed by atoms with Gasteiger partial charge in [0.1, 0.15) is 0 Å². The lowest BCUT2D eigenvalue weighted by Gasteiger charge is -2.13. The van der Waals surface area contributed by atoms with Crippen molar-refractivity contribution < 1.29 is 0 Å². The van der Waals surface area contributed by atoms with Crippen molar-refractivity contribution in [3.05, 3.63) is 68.1 Å². The van der Waals surface area contributed by atoms with Crippen LogP contribution in [-0.2, 0) is 6.42 Å². The molecule has 100 valence electrons. The monoisotopic (exact) mass is 356 g/mol. The average Bonchev–Trinajstić information content (AvgIpc) is 2.37. The number of hydrogen-bond donors (Lipinski definition) is 0. The Balaban J connectivity index is 2.22. The van der Waals surface area contributed by atoms with E-state index in [1.54, 1.807) is 0 Å². The van der Waals surface area contributed by atoms with Crippen molar-refractivity contribution in [1.29, 1.82) is 0 Å². The minimum atomic E-state index is -0.0472. The molecule has 1 unspecified atom stereocenters. The Bertz CT molecular complexity index is 593. The molecule has 0 amide bonds. The van der Waals surface area contributed by atoms with Crippen molar-refractivity contribution in [1.82, 2.24) is 0 Å². The fraction of sp³-hybridized carbons (Fsp3) is 0.250. The minimum Gasteiger partial charge on any atom is -0.117 e. The fourth-order valence-corrected chi connectivity index (χ4v) is 2.85. The predicted octanol–water partition coefficient (Wildman–Crippen LogP) is 6.24. The normalized spacial score (nSPS) is 12.5. The highest BCUT2D eigenvalue weighted by molar-refractivity contribution is 9.10. The van der Waals surface area contributed by atoms with Gasteiger partial charge in [-0.05, 0) is 65.0 Å². The maximum absolute atomic E-state index is 6.53. The number of halogens is 3. The van der Waals surface area contributed by atoms with Gasteiger partial charge in [0.15, 0.2) is 0 Å². The van der Waals surface area contributed by atoms with Gasteiger partial charge in [-0.25, -0.2) is 0 Å². The number of alkyl halides is 1. The van der Waals surface area contributed by atoms with Gasteiger partial charge in [-0.15, -0.1) is 11.6 Å². The molecule has 0 N–H and O–H groups in total. The average molecular weight is 358 g/mol. The molecule has 0 saturated heterocycles. The van der Waals surface area contributed by atoms with Gasteiger partial charge in [0, 0.05) is 4.47 Å². The van der Waals surface area contributed by atoms with E-state index in [0.717, 1.165) is 16.5 Å². The molecule has 2 aromatic rings. The summed E-state index contributed by atoms with van der Waals surface area (Å²) >= 11 is 16.0. The van der Waals surface area contributed by atoms with Crippen molar-refractivity contribution in [3.63, 3.8) is 0 Å². The van der Waals surface area contributed by atoms with E-state index in [2.05, 4.69) is 48.0 Å². The van der Waals surface area contributed by atoms with E-state index in [9.17, 15) is 0 Å². The molecule has 0 bridgehead atoms. The SMILES string of the molecule is Cc1ccc(C)c(CC(Cl)c2ccc(Cl)c(Br)c2)c1. The first-order chi connectivity index (χ1) is 8.97. The van der Waals surface area contributed by atoms with Gasteiger partial charge in [0.25, 0.3) is 0 Å². The van der Waals surface area contributed by atoms with Gasteiger partial charge >= 0.3 is 0 Å². The van der Waals surface area contributed by atoms with E-state index < -0.39 is 0 Å². The second-order valence-electron chi connectivity index (χ2n) is 4.78. The summed E-state index contributed by atoms with van der Waals surface area (Å²) in [5.41, 5.74) is 4.93. The Labute approximate surface area is 132 Å². The van der Waals surface area contributed by atoms with Crippen molar-refractivity contribution in [3.8, 4) is 0 Å². The second-order valence-corrected chi connectivity index (χ2v) is 6.56. The standard InChI is InChI=1S/C16H15BrCl2/c1-10-3-4-11(2)13(7-10)9-16(19)12-5-6-15(18)14(17)8-12/h3-8,16H,9H2,1-2H3. The van der Waals surface area contributed by atoms with E-state index in [0.29, 0.717) is 5.02 Å². The van der Waals surface area contributed by atoms with Crippen LogP contribution in [0, 0.1) is 13.8 Å². The summed E-state index contributed by atoms with van der Waals surface area (Å²) in [4.78, 5) is 0. The number of aryl methyl sites for hydroxylation is 2. The highest BCUT2D eigenvalue weighted by Crippen LogP contribution is 2.31. The smallest absolute Gasteiger partial charge is 0.0626 e. The molecule has 0 saturated carbocycles. The summed E-state index contributed by atoms with van der Waals surface area (Å²) in [6.07, 6.45) is 0.823. The van der Waals surface area contributed by atoms with Crippen molar-refractivity contribution in [2.45, 2.75) is 25.6 Å². The molecule has 0 spiro atoms. The van der Waals surface area contributed by atoms with Gasteiger partial charge in [-0.2, -0.15) is 0 Å². The Morgan fingerprint density at radius 1 is 1.11 bits per heavy atom. The van der Waals surface area contributed by atoms with Crippen LogP contribution in [0.4, 0.5) is 0 Å². The Morgan fingerprint density at radius 2 is 1.84 bits per heavy atom. The molecule has 3 heteroatoms. The number of benzene rings is 2. The summed E-state index contributed by atoms with van der Waals surface area (Å²) in [6, 6.07) is 12.3. The third-order valence-electron chi connectivity index (χ3n) is 3.21. The number of hydrogen-bond acceptors (Lipinski definition) is 0. The lowest BCUT2D eigenvalue weighted by molar-refractivity contribution is 0.908. The Morgan fingerprint density at radius 3 is 2.53 bits per heavy atom. The van der Waals surface area contributed by atoms with Crippen LogP contribution in [0.25, 0.3) is 0 Å². The molecule has 0 radical (unpaired) electrons. The van der Waals surface area contributed by atoms with Gasteiger partial charge in [-0.1, -0.05) is 41.4 Å². The largest absolute Gasteiger partial charge is 0.117 e. The zero-order valence-corrected chi connectivity index (χ0v) is 14.0. The molecule has 0 aliphatic heterocycles. The van der Waals surface area contributed by atoms with Crippen LogP contribution in [0.1, 0.15) is 27.6 Å². The molecular formula is C16H15BrCl2. The number of rotatable bonds is 3. The van der Waals surface area contributed by atoms with Gasteiger partial charge < -0.3 is 0 Å². The Kier molecular flexibility index (Phi) is 4.94. The first kappa shape index (κ1) is 14.9. The molecule has 0 aromatic heterocycles. The van der Waals surface area contributed by atoms with Crippen LogP contribution in [0.3, 0.4) is 0 Å². The van der Waals surface area contributed by atoms with Crippen LogP contribution in [-0.4, -0.2) is 0 Å². The quantitative estimate of drug-likeness (QED) is 0.570. The van der Waals surface area contributed by atoms with E-state index in [4.69, 9.17) is 23.2 Å². The molecule has 1 atom stereocenters. The molecule has 0 aliphatic rings. The maximum Gasteiger partial charge on any atom is 0.0626 e. The van der Waals surface area contributed by atoms with E-state index in [1.807, 2.05) is 18.2 Å². The first-order valence-electron chi connectivity index (χ1n) is 6.12. The van der Waals surface area contributed by atoms with Gasteiger partial charge in [-0.3, -0.25) is 0 Å². The summed E-state index contributed by atoms with van der Waals surface area (Å²) in [5.74, 6) is 0. The predicted molar refractivity (Wildman–Crippen MR) is 87.4 cm³/mol. The van der Waals surface area contributed by atoms with Crippen molar-refractivity contribution in [2.75, 3.05) is 0 Å².